The zero-order valence-electron chi connectivity index (χ0n) is 11.9. The zero-order chi connectivity index (χ0) is 14.9. The largest absolute Gasteiger partial charge is 0.393 e. The van der Waals surface area contributed by atoms with Gasteiger partial charge >= 0.3 is 5.69 Å². The van der Waals surface area contributed by atoms with E-state index in [-0.39, 0.29) is 23.3 Å². The number of nitrogens with one attached hydrogen (secondary N) is 1. The molecule has 0 aliphatic heterocycles. The minimum Gasteiger partial charge on any atom is -0.393 e. The predicted octanol–water partition coefficient (Wildman–Crippen LogP) is -0.278. The third-order valence-electron chi connectivity index (χ3n) is 3.81. The van der Waals surface area contributed by atoms with Crippen LogP contribution in [-0.4, -0.2) is 26.9 Å². The molecule has 112 valence electrons. The van der Waals surface area contributed by atoms with Crippen molar-refractivity contribution in [2.45, 2.75) is 38.8 Å². The molecule has 0 aromatic carbocycles. The van der Waals surface area contributed by atoms with Gasteiger partial charge in [0.2, 0.25) is 0 Å². The molecular formula is C13H22N4O3. The van der Waals surface area contributed by atoms with Crippen LogP contribution in [0.3, 0.4) is 0 Å². The molecule has 0 bridgehead atoms. The summed E-state index contributed by atoms with van der Waals surface area (Å²) in [5.41, 5.74) is 5.44. The van der Waals surface area contributed by atoms with E-state index in [0.717, 1.165) is 23.8 Å². The van der Waals surface area contributed by atoms with Crippen LogP contribution in [0.4, 0.5) is 11.5 Å². The van der Waals surface area contributed by atoms with Crippen molar-refractivity contribution in [3.63, 3.8) is 0 Å². The van der Waals surface area contributed by atoms with Gasteiger partial charge in [-0.2, -0.15) is 0 Å². The number of rotatable bonds is 5. The molecule has 7 nitrogen and oxygen atoms in total. The van der Waals surface area contributed by atoms with Crippen LogP contribution in [0, 0.1) is 5.92 Å². The SMILES string of the molecule is CCCn1c(N)c(NCC2CC(O)C2)c(=O)n(C)c1=O. The van der Waals surface area contributed by atoms with Crippen molar-refractivity contribution in [1.82, 2.24) is 9.13 Å². The summed E-state index contributed by atoms with van der Waals surface area (Å²) in [4.78, 5) is 24.1. The van der Waals surface area contributed by atoms with Crippen molar-refractivity contribution in [3.8, 4) is 0 Å². The van der Waals surface area contributed by atoms with E-state index in [1.807, 2.05) is 6.92 Å². The normalized spacial score (nSPS) is 21.6. The lowest BCUT2D eigenvalue weighted by molar-refractivity contribution is 0.0487. The second-order valence-electron chi connectivity index (χ2n) is 5.43. The van der Waals surface area contributed by atoms with Gasteiger partial charge in [0.15, 0.2) is 0 Å². The van der Waals surface area contributed by atoms with Gasteiger partial charge in [-0.25, -0.2) is 4.79 Å². The molecule has 0 atom stereocenters. The van der Waals surface area contributed by atoms with Crippen LogP contribution in [0.5, 0.6) is 0 Å². The van der Waals surface area contributed by atoms with Gasteiger partial charge in [0.05, 0.1) is 6.10 Å². The Morgan fingerprint density at radius 3 is 2.60 bits per heavy atom. The van der Waals surface area contributed by atoms with E-state index in [1.165, 1.54) is 11.6 Å². The number of hydrogen-bond donors (Lipinski definition) is 3. The fourth-order valence-electron chi connectivity index (χ4n) is 2.50. The smallest absolute Gasteiger partial charge is 0.332 e. The Bertz CT molecular complexity index is 599. The van der Waals surface area contributed by atoms with Crippen LogP contribution in [0.25, 0.3) is 0 Å². The summed E-state index contributed by atoms with van der Waals surface area (Å²) in [6.07, 6.45) is 2.01. The maximum absolute atomic E-state index is 12.1. The van der Waals surface area contributed by atoms with Crippen LogP contribution in [0.15, 0.2) is 9.59 Å². The van der Waals surface area contributed by atoms with Crippen molar-refractivity contribution in [2.75, 3.05) is 17.6 Å². The van der Waals surface area contributed by atoms with E-state index < -0.39 is 5.56 Å². The number of aromatic nitrogens is 2. The molecular weight excluding hydrogens is 260 g/mol. The third-order valence-corrected chi connectivity index (χ3v) is 3.81. The standard InChI is InChI=1S/C13H22N4O3/c1-3-4-17-11(14)10(12(19)16(2)13(17)20)15-7-8-5-9(18)6-8/h8-9,15,18H,3-7,14H2,1-2H3. The third kappa shape index (κ3) is 2.58. The van der Waals surface area contributed by atoms with E-state index in [4.69, 9.17) is 5.73 Å². The van der Waals surface area contributed by atoms with E-state index >= 15 is 0 Å². The fraction of sp³-hybridized carbons (Fsp3) is 0.692. The average Bonchev–Trinajstić information content (AvgIpc) is 2.39. The molecule has 20 heavy (non-hydrogen) atoms. The van der Waals surface area contributed by atoms with Crippen LogP contribution in [0.1, 0.15) is 26.2 Å². The molecule has 1 fully saturated rings. The number of hydrogen-bond acceptors (Lipinski definition) is 5. The number of nitrogens with two attached hydrogens (primary N) is 1. The Hall–Kier alpha value is -1.76. The lowest BCUT2D eigenvalue weighted by Crippen LogP contribution is -2.42. The van der Waals surface area contributed by atoms with Gasteiger partial charge in [-0.15, -0.1) is 0 Å². The summed E-state index contributed by atoms with van der Waals surface area (Å²) in [6, 6.07) is 0. The molecule has 0 radical (unpaired) electrons. The van der Waals surface area contributed by atoms with Gasteiger partial charge in [0, 0.05) is 20.1 Å². The van der Waals surface area contributed by atoms with E-state index in [1.54, 1.807) is 0 Å². The molecule has 1 aliphatic rings. The van der Waals surface area contributed by atoms with Crippen LogP contribution >= 0.6 is 0 Å². The Labute approximate surface area is 117 Å². The monoisotopic (exact) mass is 282 g/mol. The highest BCUT2D eigenvalue weighted by Crippen LogP contribution is 2.27. The number of aliphatic hydroxyl groups is 1. The van der Waals surface area contributed by atoms with Crippen molar-refractivity contribution < 1.29 is 5.11 Å². The minimum absolute atomic E-state index is 0.194. The highest BCUT2D eigenvalue weighted by Gasteiger charge is 2.27. The zero-order valence-corrected chi connectivity index (χ0v) is 11.9. The molecule has 0 amide bonds. The molecule has 7 heteroatoms. The first-order chi connectivity index (χ1) is 9.45. The Morgan fingerprint density at radius 1 is 1.40 bits per heavy atom. The van der Waals surface area contributed by atoms with Crippen molar-refractivity contribution in [1.29, 1.82) is 0 Å². The predicted molar refractivity (Wildman–Crippen MR) is 77.9 cm³/mol. The fourth-order valence-corrected chi connectivity index (χ4v) is 2.50. The Kier molecular flexibility index (Phi) is 4.17. The quantitative estimate of drug-likeness (QED) is 0.689. The lowest BCUT2D eigenvalue weighted by Gasteiger charge is -2.31. The van der Waals surface area contributed by atoms with Crippen molar-refractivity contribution in [3.05, 3.63) is 20.8 Å². The van der Waals surface area contributed by atoms with Crippen molar-refractivity contribution >= 4 is 11.5 Å². The van der Waals surface area contributed by atoms with Gasteiger partial charge in [-0.05, 0) is 25.2 Å². The molecule has 2 rings (SSSR count). The number of nitrogen functional groups attached to an aromatic ring is 1. The van der Waals surface area contributed by atoms with Gasteiger partial charge < -0.3 is 16.2 Å². The lowest BCUT2D eigenvalue weighted by atomic mass is 9.82. The molecule has 0 unspecified atom stereocenters. The summed E-state index contributed by atoms with van der Waals surface area (Å²) in [5, 5.41) is 12.3. The topological polar surface area (TPSA) is 102 Å². The minimum atomic E-state index is -0.403. The van der Waals surface area contributed by atoms with Gasteiger partial charge in [-0.3, -0.25) is 13.9 Å². The molecule has 4 N–H and O–H groups in total. The van der Waals surface area contributed by atoms with Crippen LogP contribution in [0.2, 0.25) is 0 Å². The summed E-state index contributed by atoms with van der Waals surface area (Å²) >= 11 is 0. The number of nitrogens with zero attached hydrogens (tertiary/aromatic N) is 2. The highest BCUT2D eigenvalue weighted by molar-refractivity contribution is 5.60. The van der Waals surface area contributed by atoms with Gasteiger partial charge in [0.25, 0.3) is 5.56 Å². The number of aliphatic hydroxyl groups excluding tert-OH is 1. The maximum atomic E-state index is 12.1. The highest BCUT2D eigenvalue weighted by atomic mass is 16.3. The van der Waals surface area contributed by atoms with Gasteiger partial charge in [0.1, 0.15) is 11.5 Å². The maximum Gasteiger partial charge on any atom is 0.332 e. The van der Waals surface area contributed by atoms with Crippen molar-refractivity contribution in [2.24, 2.45) is 13.0 Å². The van der Waals surface area contributed by atoms with Crippen LogP contribution in [-0.2, 0) is 13.6 Å². The molecule has 1 heterocycles. The van der Waals surface area contributed by atoms with E-state index in [0.29, 0.717) is 19.0 Å². The molecule has 0 saturated heterocycles. The van der Waals surface area contributed by atoms with Gasteiger partial charge in [-0.1, -0.05) is 6.92 Å². The Morgan fingerprint density at radius 2 is 2.05 bits per heavy atom. The Balaban J connectivity index is 2.27. The first kappa shape index (κ1) is 14.6. The van der Waals surface area contributed by atoms with E-state index in [9.17, 15) is 14.7 Å². The summed E-state index contributed by atoms with van der Waals surface area (Å²) in [7, 11) is 1.45. The first-order valence-corrected chi connectivity index (χ1v) is 6.96. The average molecular weight is 282 g/mol. The molecule has 1 aliphatic carbocycles. The second-order valence-corrected chi connectivity index (χ2v) is 5.43. The summed E-state index contributed by atoms with van der Waals surface area (Å²) in [5.74, 6) is 0.542. The molecule has 1 saturated carbocycles. The molecule has 1 aromatic heterocycles. The molecule has 1 aromatic rings. The summed E-state index contributed by atoms with van der Waals surface area (Å²) in [6.45, 7) is 3.01. The van der Waals surface area contributed by atoms with Crippen LogP contribution < -0.4 is 22.3 Å². The summed E-state index contributed by atoms with van der Waals surface area (Å²) < 4.78 is 2.49. The van der Waals surface area contributed by atoms with E-state index in [2.05, 4.69) is 5.32 Å². The second kappa shape index (κ2) is 5.70. The number of anilines is 2. The molecule has 0 spiro atoms. The first-order valence-electron chi connectivity index (χ1n) is 6.96.